The number of carbonyl (C=O) groups excluding carboxylic acids is 1. The monoisotopic (exact) mass is 226 g/mol. The van der Waals surface area contributed by atoms with Crippen molar-refractivity contribution in [1.82, 2.24) is 0 Å². The van der Waals surface area contributed by atoms with E-state index in [0.29, 0.717) is 23.0 Å². The van der Waals surface area contributed by atoms with Crippen molar-refractivity contribution in [2.24, 2.45) is 16.1 Å². The zero-order valence-corrected chi connectivity index (χ0v) is 9.28. The van der Waals surface area contributed by atoms with Crippen molar-refractivity contribution in [1.29, 1.82) is 0 Å². The summed E-state index contributed by atoms with van der Waals surface area (Å²) in [6.07, 6.45) is 4.80. The van der Waals surface area contributed by atoms with E-state index in [4.69, 9.17) is 16.4 Å². The molecule has 0 N–H and O–H groups in total. The van der Waals surface area contributed by atoms with Crippen molar-refractivity contribution in [3.05, 3.63) is 22.9 Å². The van der Waals surface area contributed by atoms with Gasteiger partial charge in [-0.15, -0.1) is 0 Å². The molecule has 0 aromatic carbocycles. The normalized spacial score (nSPS) is 22.9. The van der Waals surface area contributed by atoms with Gasteiger partial charge < -0.3 is 4.84 Å². The molecule has 15 heavy (non-hydrogen) atoms. The van der Waals surface area contributed by atoms with Crippen LogP contribution >= 0.6 is 11.6 Å². The van der Waals surface area contributed by atoms with Gasteiger partial charge in [0.1, 0.15) is 12.3 Å². The molecule has 80 valence electrons. The second-order valence-electron chi connectivity index (χ2n) is 2.93. The van der Waals surface area contributed by atoms with E-state index < -0.39 is 0 Å². The van der Waals surface area contributed by atoms with E-state index in [0.717, 1.165) is 0 Å². The first-order valence-electron chi connectivity index (χ1n) is 4.56. The molecule has 0 aromatic rings. The van der Waals surface area contributed by atoms with Crippen LogP contribution in [-0.2, 0) is 9.63 Å². The fourth-order valence-electron chi connectivity index (χ4n) is 1.18. The molecular weight excluding hydrogens is 216 g/mol. The molecule has 0 heterocycles. The number of oxime groups is 1. The number of allylic oxidation sites excluding steroid dienone is 4. The standard InChI is InChI=1S/C10H11ClN2O2/c1-3-15-13-10-7(2)9(12-6-14)5-4-8(10)11/h4-5,7H,3H2,1-2H3. The highest BCUT2D eigenvalue weighted by Crippen LogP contribution is 2.25. The summed E-state index contributed by atoms with van der Waals surface area (Å²) in [7, 11) is 0. The molecule has 4 nitrogen and oxygen atoms in total. The maximum atomic E-state index is 10.2. The molecule has 0 fully saturated rings. The molecule has 0 spiro atoms. The zero-order valence-electron chi connectivity index (χ0n) is 8.53. The van der Waals surface area contributed by atoms with Gasteiger partial charge in [0.05, 0.1) is 10.7 Å². The van der Waals surface area contributed by atoms with Crippen LogP contribution in [-0.4, -0.2) is 18.4 Å². The van der Waals surface area contributed by atoms with E-state index in [1.54, 1.807) is 12.2 Å². The molecular formula is C10H11ClN2O2. The number of rotatable bonds is 3. The molecule has 0 amide bonds. The highest BCUT2D eigenvalue weighted by molar-refractivity contribution is 6.44. The molecule has 1 rings (SSSR count). The molecule has 1 unspecified atom stereocenters. The zero-order chi connectivity index (χ0) is 11.3. The van der Waals surface area contributed by atoms with E-state index >= 15 is 0 Å². The Labute approximate surface area is 93.0 Å². The Morgan fingerprint density at radius 2 is 2.33 bits per heavy atom. The van der Waals surface area contributed by atoms with Crippen LogP contribution in [0.2, 0.25) is 0 Å². The highest BCUT2D eigenvalue weighted by Gasteiger charge is 2.22. The van der Waals surface area contributed by atoms with E-state index in [-0.39, 0.29) is 5.92 Å². The molecule has 0 bridgehead atoms. The molecule has 1 aliphatic rings. The number of aliphatic imine (C=N–C) groups is 1. The fraction of sp³-hybridized carbons (Fsp3) is 0.400. The SMILES string of the molecule is CCON=C1C(Cl)=CC=C(N=C=O)C1C. The minimum atomic E-state index is -0.157. The smallest absolute Gasteiger partial charge is 0.240 e. The largest absolute Gasteiger partial charge is 0.396 e. The highest BCUT2D eigenvalue weighted by atomic mass is 35.5. The van der Waals surface area contributed by atoms with Gasteiger partial charge in [-0.25, -0.2) is 4.79 Å². The third-order valence-corrected chi connectivity index (χ3v) is 2.29. The summed E-state index contributed by atoms with van der Waals surface area (Å²) in [6, 6.07) is 0. The first-order valence-corrected chi connectivity index (χ1v) is 4.94. The van der Waals surface area contributed by atoms with E-state index in [2.05, 4.69) is 10.1 Å². The molecule has 0 aliphatic heterocycles. The second kappa shape index (κ2) is 5.49. The van der Waals surface area contributed by atoms with Gasteiger partial charge in [-0.05, 0) is 19.1 Å². The number of nitrogens with zero attached hydrogens (tertiary/aromatic N) is 2. The number of hydrogen-bond donors (Lipinski definition) is 0. The molecule has 0 aromatic heterocycles. The predicted molar refractivity (Wildman–Crippen MR) is 58.4 cm³/mol. The molecule has 1 atom stereocenters. The Hall–Kier alpha value is -1.38. The number of isocyanates is 1. The lowest BCUT2D eigenvalue weighted by atomic mass is 9.97. The van der Waals surface area contributed by atoms with E-state index in [1.807, 2.05) is 13.8 Å². The second-order valence-corrected chi connectivity index (χ2v) is 3.33. The topological polar surface area (TPSA) is 51.0 Å². The number of halogens is 1. The van der Waals surface area contributed by atoms with Crippen LogP contribution in [0.15, 0.2) is 33.0 Å². The molecule has 1 aliphatic carbocycles. The van der Waals surface area contributed by atoms with Gasteiger partial charge in [-0.3, -0.25) is 0 Å². The van der Waals surface area contributed by atoms with Crippen molar-refractivity contribution < 1.29 is 9.63 Å². The Bertz CT molecular complexity index is 379. The van der Waals surface area contributed by atoms with Gasteiger partial charge in [0.25, 0.3) is 0 Å². The lowest BCUT2D eigenvalue weighted by Gasteiger charge is -2.16. The third-order valence-electron chi connectivity index (χ3n) is 1.97. The summed E-state index contributed by atoms with van der Waals surface area (Å²) in [5.41, 5.74) is 1.16. The maximum absolute atomic E-state index is 10.2. The van der Waals surface area contributed by atoms with Crippen LogP contribution in [0.1, 0.15) is 13.8 Å². The first-order chi connectivity index (χ1) is 7.20. The van der Waals surface area contributed by atoms with Crippen LogP contribution in [0.5, 0.6) is 0 Å². The predicted octanol–water partition coefficient (Wildman–Crippen LogP) is 2.37. The maximum Gasteiger partial charge on any atom is 0.240 e. The molecule has 0 saturated heterocycles. The van der Waals surface area contributed by atoms with E-state index in [1.165, 1.54) is 6.08 Å². The minimum absolute atomic E-state index is 0.157. The lowest BCUT2D eigenvalue weighted by molar-refractivity contribution is 0.157. The molecule has 0 saturated carbocycles. The molecule has 0 radical (unpaired) electrons. The Kier molecular flexibility index (Phi) is 4.28. The summed E-state index contributed by atoms with van der Waals surface area (Å²) in [5, 5.41) is 4.38. The van der Waals surface area contributed by atoms with Crippen molar-refractivity contribution in [2.75, 3.05) is 6.61 Å². The van der Waals surface area contributed by atoms with Gasteiger partial charge in [0.2, 0.25) is 6.08 Å². The summed E-state index contributed by atoms with van der Waals surface area (Å²) in [4.78, 5) is 18.7. The summed E-state index contributed by atoms with van der Waals surface area (Å²) in [5.74, 6) is -0.157. The van der Waals surface area contributed by atoms with Crippen LogP contribution in [0.4, 0.5) is 0 Å². The van der Waals surface area contributed by atoms with Crippen LogP contribution < -0.4 is 0 Å². The van der Waals surface area contributed by atoms with Crippen LogP contribution in [0.25, 0.3) is 0 Å². The Morgan fingerprint density at radius 3 is 2.93 bits per heavy atom. The summed E-state index contributed by atoms with van der Waals surface area (Å²) >= 11 is 5.94. The van der Waals surface area contributed by atoms with E-state index in [9.17, 15) is 4.79 Å². The van der Waals surface area contributed by atoms with Gasteiger partial charge in [0.15, 0.2) is 0 Å². The van der Waals surface area contributed by atoms with Crippen LogP contribution in [0.3, 0.4) is 0 Å². The van der Waals surface area contributed by atoms with Gasteiger partial charge in [-0.2, -0.15) is 4.99 Å². The average Bonchev–Trinajstić information content (AvgIpc) is 2.22. The Balaban J connectivity index is 2.98. The van der Waals surface area contributed by atoms with Gasteiger partial charge in [0, 0.05) is 5.92 Å². The quantitative estimate of drug-likeness (QED) is 0.421. The van der Waals surface area contributed by atoms with Crippen molar-refractivity contribution in [3.8, 4) is 0 Å². The van der Waals surface area contributed by atoms with Crippen molar-refractivity contribution in [3.63, 3.8) is 0 Å². The minimum Gasteiger partial charge on any atom is -0.396 e. The van der Waals surface area contributed by atoms with Gasteiger partial charge >= 0.3 is 0 Å². The van der Waals surface area contributed by atoms with Gasteiger partial charge in [-0.1, -0.05) is 23.7 Å². The lowest BCUT2D eigenvalue weighted by Crippen LogP contribution is -2.16. The Morgan fingerprint density at radius 1 is 1.60 bits per heavy atom. The average molecular weight is 227 g/mol. The summed E-state index contributed by atoms with van der Waals surface area (Å²) < 4.78 is 0. The molecule has 5 heteroatoms. The number of hydrogen-bond acceptors (Lipinski definition) is 4. The van der Waals surface area contributed by atoms with Crippen molar-refractivity contribution >= 4 is 23.4 Å². The fourth-order valence-corrected chi connectivity index (χ4v) is 1.44. The summed E-state index contributed by atoms with van der Waals surface area (Å²) in [6.45, 7) is 4.14. The van der Waals surface area contributed by atoms with Crippen molar-refractivity contribution in [2.45, 2.75) is 13.8 Å². The van der Waals surface area contributed by atoms with Crippen LogP contribution in [0, 0.1) is 5.92 Å². The first kappa shape index (κ1) is 11.7. The third kappa shape index (κ3) is 2.78.